The fourth-order valence-electron chi connectivity index (χ4n) is 2.65. The normalized spacial score (nSPS) is 10.6. The van der Waals surface area contributed by atoms with Crippen LogP contribution in [0.3, 0.4) is 0 Å². The van der Waals surface area contributed by atoms with Crippen molar-refractivity contribution in [2.45, 2.75) is 0 Å². The van der Waals surface area contributed by atoms with Gasteiger partial charge >= 0.3 is 11.9 Å². The molecule has 1 heterocycles. The highest BCUT2D eigenvalue weighted by Gasteiger charge is 2.32. The van der Waals surface area contributed by atoms with Crippen LogP contribution in [0.25, 0.3) is 16.9 Å². The van der Waals surface area contributed by atoms with Crippen molar-refractivity contribution in [2.24, 2.45) is 0 Å². The molecule has 0 fully saturated rings. The third kappa shape index (κ3) is 3.34. The molecular formula is C19H13Cl2FN2O4. The SMILES string of the molecule is COC(=O)c1c(-c2ccc(Cl)c(F)c2Cl)nn(-c2ccccc2)c1C(=O)OC. The van der Waals surface area contributed by atoms with E-state index >= 15 is 0 Å². The molecule has 0 bridgehead atoms. The fraction of sp³-hybridized carbons (Fsp3) is 0.105. The summed E-state index contributed by atoms with van der Waals surface area (Å²) in [6.07, 6.45) is 0. The topological polar surface area (TPSA) is 70.4 Å². The molecule has 144 valence electrons. The summed E-state index contributed by atoms with van der Waals surface area (Å²) in [5, 5.41) is 3.81. The van der Waals surface area contributed by atoms with E-state index < -0.39 is 17.8 Å². The third-order valence-corrected chi connectivity index (χ3v) is 4.61. The van der Waals surface area contributed by atoms with Crippen molar-refractivity contribution < 1.29 is 23.5 Å². The third-order valence-electron chi connectivity index (χ3n) is 3.94. The standard InChI is InChI=1S/C19H13Cl2FN2O4/c1-27-18(25)13-16(11-8-9-12(20)15(22)14(11)21)23-24(17(13)19(26)28-2)10-6-4-3-5-7-10/h3-9H,1-2H3. The minimum atomic E-state index is -0.870. The second kappa shape index (κ2) is 8.00. The molecule has 28 heavy (non-hydrogen) atoms. The molecule has 6 nitrogen and oxygen atoms in total. The van der Waals surface area contributed by atoms with Crippen molar-refractivity contribution in [1.29, 1.82) is 0 Å². The quantitative estimate of drug-likeness (QED) is 0.455. The van der Waals surface area contributed by atoms with E-state index in [4.69, 9.17) is 32.7 Å². The zero-order chi connectivity index (χ0) is 20.4. The van der Waals surface area contributed by atoms with Crippen molar-refractivity contribution in [1.82, 2.24) is 9.78 Å². The van der Waals surface area contributed by atoms with E-state index in [9.17, 15) is 14.0 Å². The van der Waals surface area contributed by atoms with Crippen molar-refractivity contribution in [3.63, 3.8) is 0 Å². The number of carbonyl (C=O) groups is 2. The first-order valence-electron chi connectivity index (χ1n) is 7.89. The lowest BCUT2D eigenvalue weighted by molar-refractivity contribution is 0.0549. The van der Waals surface area contributed by atoms with Crippen LogP contribution in [0.2, 0.25) is 10.0 Å². The van der Waals surface area contributed by atoms with Crippen LogP contribution in [0.15, 0.2) is 42.5 Å². The molecule has 9 heteroatoms. The first-order valence-corrected chi connectivity index (χ1v) is 8.65. The first-order chi connectivity index (χ1) is 13.4. The number of carbonyl (C=O) groups excluding carboxylic acids is 2. The molecule has 0 spiro atoms. The Bertz CT molecular complexity index is 1070. The number of benzene rings is 2. The molecule has 1 aromatic heterocycles. The summed E-state index contributed by atoms with van der Waals surface area (Å²) in [5.41, 5.74) is 0.120. The maximum absolute atomic E-state index is 14.2. The lowest BCUT2D eigenvalue weighted by Gasteiger charge is -2.07. The first kappa shape index (κ1) is 19.9. The summed E-state index contributed by atoms with van der Waals surface area (Å²) in [7, 11) is 2.32. The molecule has 0 aliphatic heterocycles. The minimum absolute atomic E-state index is 0.0448. The van der Waals surface area contributed by atoms with Gasteiger partial charge in [-0.1, -0.05) is 41.4 Å². The highest BCUT2D eigenvalue weighted by Crippen LogP contribution is 2.36. The number of hydrogen-bond donors (Lipinski definition) is 0. The van der Waals surface area contributed by atoms with Crippen molar-refractivity contribution in [3.8, 4) is 16.9 Å². The van der Waals surface area contributed by atoms with E-state index in [1.165, 1.54) is 23.9 Å². The molecule has 0 amide bonds. The van der Waals surface area contributed by atoms with E-state index in [0.29, 0.717) is 5.69 Å². The van der Waals surface area contributed by atoms with Gasteiger partial charge in [0, 0.05) is 5.56 Å². The molecule has 0 radical (unpaired) electrons. The highest BCUT2D eigenvalue weighted by molar-refractivity contribution is 6.36. The number of nitrogens with zero attached hydrogens (tertiary/aromatic N) is 2. The Morgan fingerprint density at radius 3 is 2.25 bits per heavy atom. The van der Waals surface area contributed by atoms with Crippen LogP contribution in [-0.2, 0) is 9.47 Å². The largest absolute Gasteiger partial charge is 0.465 e. The van der Waals surface area contributed by atoms with Crippen LogP contribution in [0, 0.1) is 5.82 Å². The predicted octanol–water partition coefficient (Wildman–Crippen LogP) is 4.56. The molecule has 2 aromatic carbocycles. The summed E-state index contributed by atoms with van der Waals surface area (Å²) in [5.74, 6) is -2.55. The van der Waals surface area contributed by atoms with Gasteiger partial charge in [-0.15, -0.1) is 0 Å². The van der Waals surface area contributed by atoms with Gasteiger partial charge < -0.3 is 9.47 Å². The Morgan fingerprint density at radius 1 is 1.00 bits per heavy atom. The van der Waals surface area contributed by atoms with Gasteiger partial charge in [0.05, 0.1) is 30.0 Å². The van der Waals surface area contributed by atoms with Crippen molar-refractivity contribution >= 4 is 35.1 Å². The Labute approximate surface area is 169 Å². The number of methoxy groups -OCH3 is 2. The molecule has 0 saturated heterocycles. The van der Waals surface area contributed by atoms with Crippen LogP contribution in [-0.4, -0.2) is 35.9 Å². The number of rotatable bonds is 4. The Morgan fingerprint density at radius 2 is 1.64 bits per heavy atom. The summed E-state index contributed by atoms with van der Waals surface area (Å²) < 4.78 is 25.1. The molecule has 3 rings (SSSR count). The second-order valence-electron chi connectivity index (χ2n) is 5.53. The van der Waals surface area contributed by atoms with Gasteiger partial charge in [0.25, 0.3) is 0 Å². The lowest BCUT2D eigenvalue weighted by Crippen LogP contribution is -2.15. The van der Waals surface area contributed by atoms with Gasteiger partial charge in [-0.05, 0) is 24.3 Å². The van der Waals surface area contributed by atoms with E-state index in [2.05, 4.69) is 5.10 Å². The number of ether oxygens (including phenoxy) is 2. The van der Waals surface area contributed by atoms with E-state index in [1.807, 2.05) is 0 Å². The smallest absolute Gasteiger partial charge is 0.357 e. The van der Waals surface area contributed by atoms with Gasteiger partial charge in [-0.25, -0.2) is 18.7 Å². The number of aromatic nitrogens is 2. The number of esters is 2. The average Bonchev–Trinajstić information content (AvgIpc) is 3.12. The molecule has 0 aliphatic rings. The molecule has 3 aromatic rings. The number of hydrogen-bond acceptors (Lipinski definition) is 5. The fourth-order valence-corrected chi connectivity index (χ4v) is 3.11. The summed E-state index contributed by atoms with van der Waals surface area (Å²) >= 11 is 11.9. The molecule has 0 saturated carbocycles. The van der Waals surface area contributed by atoms with Gasteiger partial charge in [0.1, 0.15) is 11.3 Å². The van der Waals surface area contributed by atoms with Crippen LogP contribution >= 0.6 is 23.2 Å². The Kier molecular flexibility index (Phi) is 5.67. The highest BCUT2D eigenvalue weighted by atomic mass is 35.5. The Balaban J connectivity index is 2.41. The van der Waals surface area contributed by atoms with Gasteiger partial charge in [0.15, 0.2) is 11.5 Å². The summed E-state index contributed by atoms with van der Waals surface area (Å²) in [6, 6.07) is 11.3. The van der Waals surface area contributed by atoms with Gasteiger partial charge in [-0.2, -0.15) is 5.10 Å². The predicted molar refractivity (Wildman–Crippen MR) is 102 cm³/mol. The van der Waals surface area contributed by atoms with Gasteiger partial charge in [-0.3, -0.25) is 0 Å². The molecular weight excluding hydrogens is 410 g/mol. The zero-order valence-electron chi connectivity index (χ0n) is 14.7. The number of halogens is 3. The molecule has 0 N–H and O–H groups in total. The minimum Gasteiger partial charge on any atom is -0.465 e. The second-order valence-corrected chi connectivity index (χ2v) is 6.31. The van der Waals surface area contributed by atoms with Crippen molar-refractivity contribution in [3.05, 3.63) is 69.6 Å². The number of para-hydroxylation sites is 1. The van der Waals surface area contributed by atoms with Crippen LogP contribution in [0.5, 0.6) is 0 Å². The van der Waals surface area contributed by atoms with Crippen LogP contribution < -0.4 is 0 Å². The maximum Gasteiger partial charge on any atom is 0.357 e. The van der Waals surface area contributed by atoms with E-state index in [-0.39, 0.29) is 32.6 Å². The Hall–Kier alpha value is -2.90. The maximum atomic E-state index is 14.2. The van der Waals surface area contributed by atoms with Crippen LogP contribution in [0.4, 0.5) is 4.39 Å². The van der Waals surface area contributed by atoms with Crippen molar-refractivity contribution in [2.75, 3.05) is 14.2 Å². The summed E-state index contributed by atoms with van der Waals surface area (Å²) in [4.78, 5) is 25.0. The zero-order valence-corrected chi connectivity index (χ0v) is 16.2. The lowest BCUT2D eigenvalue weighted by atomic mass is 10.1. The average molecular weight is 423 g/mol. The van der Waals surface area contributed by atoms with E-state index in [0.717, 1.165) is 7.11 Å². The molecule has 0 atom stereocenters. The molecule has 0 aliphatic carbocycles. The summed E-state index contributed by atoms with van der Waals surface area (Å²) in [6.45, 7) is 0. The van der Waals surface area contributed by atoms with Gasteiger partial charge in [0.2, 0.25) is 0 Å². The molecule has 0 unspecified atom stereocenters. The van der Waals surface area contributed by atoms with E-state index in [1.54, 1.807) is 30.3 Å². The van der Waals surface area contributed by atoms with Crippen LogP contribution in [0.1, 0.15) is 20.8 Å². The monoisotopic (exact) mass is 422 g/mol.